The number of furan rings is 1. The largest absolute Gasteiger partial charge is 0.479 e. The van der Waals surface area contributed by atoms with E-state index in [-0.39, 0.29) is 24.6 Å². The quantitative estimate of drug-likeness (QED) is 0.910. The normalized spacial score (nSPS) is 23.2. The fourth-order valence-electron chi connectivity index (χ4n) is 2.83. The summed E-state index contributed by atoms with van der Waals surface area (Å²) in [5.41, 5.74) is -1.04. The number of carboxylic acid groups (broad SMARTS) is 1. The molecule has 1 unspecified atom stereocenters. The van der Waals surface area contributed by atoms with E-state index in [2.05, 4.69) is 0 Å². The number of ether oxygens (including phenoxy) is 1. The number of benzene rings is 1. The number of hydrogen-bond acceptors (Lipinski definition) is 5. The van der Waals surface area contributed by atoms with Crippen molar-refractivity contribution in [2.45, 2.75) is 23.5 Å². The van der Waals surface area contributed by atoms with Gasteiger partial charge in [0.2, 0.25) is 5.09 Å². The monoisotopic (exact) mass is 339 g/mol. The molecule has 1 aromatic carbocycles. The van der Waals surface area contributed by atoms with Gasteiger partial charge in [-0.1, -0.05) is 18.2 Å². The molecule has 23 heavy (non-hydrogen) atoms. The third kappa shape index (κ3) is 2.62. The lowest BCUT2D eigenvalue weighted by atomic mass is 9.94. The molecule has 2 heterocycles. The Kier molecular flexibility index (Phi) is 3.91. The van der Waals surface area contributed by atoms with Crippen molar-refractivity contribution in [3.05, 3.63) is 30.3 Å². The van der Waals surface area contributed by atoms with Crippen LogP contribution in [0.3, 0.4) is 0 Å². The molecular weight excluding hydrogens is 322 g/mol. The smallest absolute Gasteiger partial charge is 0.337 e. The van der Waals surface area contributed by atoms with Gasteiger partial charge < -0.3 is 14.3 Å². The third-order valence-electron chi connectivity index (χ3n) is 4.20. The summed E-state index contributed by atoms with van der Waals surface area (Å²) in [6.45, 7) is -0.00399. The molecule has 1 aliphatic heterocycles. The van der Waals surface area contributed by atoms with Crippen molar-refractivity contribution in [1.82, 2.24) is 4.31 Å². The molecule has 1 aromatic heterocycles. The highest BCUT2D eigenvalue weighted by Crippen LogP contribution is 2.31. The summed E-state index contributed by atoms with van der Waals surface area (Å²) in [7, 11) is -2.63. The summed E-state index contributed by atoms with van der Waals surface area (Å²) in [6, 6.07) is 8.43. The van der Waals surface area contributed by atoms with E-state index in [0.717, 1.165) is 4.31 Å². The van der Waals surface area contributed by atoms with Crippen LogP contribution < -0.4 is 0 Å². The first kappa shape index (κ1) is 16.0. The maximum Gasteiger partial charge on any atom is 0.337 e. The molecule has 0 spiro atoms. The molecule has 1 fully saturated rings. The molecule has 2 aromatic rings. The van der Waals surface area contributed by atoms with Crippen molar-refractivity contribution in [1.29, 1.82) is 0 Å². The minimum atomic E-state index is -3.92. The number of aliphatic carboxylic acids is 1. The van der Waals surface area contributed by atoms with Gasteiger partial charge in [-0.2, -0.15) is 4.31 Å². The van der Waals surface area contributed by atoms with E-state index < -0.39 is 21.6 Å². The Balaban J connectivity index is 1.97. The molecule has 124 valence electrons. The Morgan fingerprint density at radius 3 is 2.78 bits per heavy atom. The van der Waals surface area contributed by atoms with E-state index >= 15 is 0 Å². The van der Waals surface area contributed by atoms with Crippen LogP contribution in [0.25, 0.3) is 11.0 Å². The zero-order valence-corrected chi connectivity index (χ0v) is 13.4. The predicted molar refractivity (Wildman–Crippen MR) is 81.6 cm³/mol. The summed E-state index contributed by atoms with van der Waals surface area (Å²) >= 11 is 0. The average molecular weight is 339 g/mol. The summed E-state index contributed by atoms with van der Waals surface area (Å²) in [5, 5.41) is 9.88. The van der Waals surface area contributed by atoms with Crippen LogP contribution in [0.4, 0.5) is 0 Å². The van der Waals surface area contributed by atoms with Crippen LogP contribution in [0.15, 0.2) is 39.8 Å². The van der Waals surface area contributed by atoms with Gasteiger partial charge in [0, 0.05) is 25.1 Å². The van der Waals surface area contributed by atoms with Crippen LogP contribution >= 0.6 is 0 Å². The summed E-state index contributed by atoms with van der Waals surface area (Å²) in [6.07, 6.45) is 0.671. The van der Waals surface area contributed by atoms with Crippen LogP contribution in [0.5, 0.6) is 0 Å². The topological polar surface area (TPSA) is 97.0 Å². The number of piperidine rings is 1. The molecule has 1 N–H and O–H groups in total. The van der Waals surface area contributed by atoms with E-state index in [0.29, 0.717) is 17.4 Å². The van der Waals surface area contributed by atoms with Gasteiger partial charge in [0.15, 0.2) is 5.60 Å². The molecule has 1 aliphatic rings. The van der Waals surface area contributed by atoms with Gasteiger partial charge in [-0.15, -0.1) is 0 Å². The summed E-state index contributed by atoms with van der Waals surface area (Å²) in [4.78, 5) is 11.5. The average Bonchev–Trinajstić information content (AvgIpc) is 2.99. The minimum absolute atomic E-state index is 0.184. The number of carboxylic acids is 1. The standard InChI is InChI=1S/C15H17NO6S/c1-21-15(14(17)18)7-4-8-16(10-15)23(19,20)13-9-11-5-2-3-6-12(11)22-13/h2-3,5-6,9H,4,7-8,10H2,1H3,(H,17,18). The van der Waals surface area contributed by atoms with Gasteiger partial charge in [0.05, 0.1) is 6.54 Å². The lowest BCUT2D eigenvalue weighted by molar-refractivity contribution is -0.166. The van der Waals surface area contributed by atoms with Gasteiger partial charge in [0.1, 0.15) is 5.58 Å². The number of para-hydroxylation sites is 1. The molecule has 7 nitrogen and oxygen atoms in total. The molecule has 3 rings (SSSR count). The Morgan fingerprint density at radius 2 is 2.13 bits per heavy atom. The number of hydrogen-bond donors (Lipinski definition) is 1. The molecule has 0 amide bonds. The second-order valence-corrected chi connectivity index (χ2v) is 7.42. The fraction of sp³-hybridized carbons (Fsp3) is 0.400. The number of fused-ring (bicyclic) bond motifs is 1. The summed E-state index contributed by atoms with van der Waals surface area (Å²) in [5.74, 6) is -1.16. The highest BCUT2D eigenvalue weighted by Gasteiger charge is 2.46. The van der Waals surface area contributed by atoms with E-state index in [9.17, 15) is 18.3 Å². The molecule has 0 aliphatic carbocycles. The van der Waals surface area contributed by atoms with Crippen LogP contribution in [-0.2, 0) is 19.6 Å². The first-order valence-electron chi connectivity index (χ1n) is 7.16. The van der Waals surface area contributed by atoms with Crippen molar-refractivity contribution < 1.29 is 27.5 Å². The van der Waals surface area contributed by atoms with E-state index in [4.69, 9.17) is 9.15 Å². The zero-order chi connectivity index (χ0) is 16.7. The predicted octanol–water partition coefficient (Wildman–Crippen LogP) is 1.69. The van der Waals surface area contributed by atoms with Gasteiger partial charge >= 0.3 is 5.97 Å². The first-order chi connectivity index (χ1) is 10.9. The van der Waals surface area contributed by atoms with Gasteiger partial charge in [-0.3, -0.25) is 0 Å². The van der Waals surface area contributed by atoms with Crippen LogP contribution in [0.1, 0.15) is 12.8 Å². The zero-order valence-electron chi connectivity index (χ0n) is 12.6. The fourth-order valence-corrected chi connectivity index (χ4v) is 4.30. The highest BCUT2D eigenvalue weighted by atomic mass is 32.2. The second kappa shape index (κ2) is 5.63. The Labute approximate surface area is 133 Å². The van der Waals surface area contributed by atoms with E-state index in [1.54, 1.807) is 24.3 Å². The molecule has 0 bridgehead atoms. The van der Waals surface area contributed by atoms with E-state index in [1.807, 2.05) is 0 Å². The summed E-state index contributed by atoms with van der Waals surface area (Å²) < 4.78 is 37.2. The highest BCUT2D eigenvalue weighted by molar-refractivity contribution is 7.89. The van der Waals surface area contributed by atoms with E-state index in [1.165, 1.54) is 13.2 Å². The number of carbonyl (C=O) groups is 1. The van der Waals surface area contributed by atoms with Crippen molar-refractivity contribution >= 4 is 27.0 Å². The lowest BCUT2D eigenvalue weighted by Gasteiger charge is -2.37. The van der Waals surface area contributed by atoms with Crippen molar-refractivity contribution in [2.75, 3.05) is 20.2 Å². The molecule has 1 atom stereocenters. The number of methoxy groups -OCH3 is 1. The number of nitrogens with zero attached hydrogens (tertiary/aromatic N) is 1. The maximum absolute atomic E-state index is 12.8. The second-order valence-electron chi connectivity index (χ2n) is 5.55. The van der Waals surface area contributed by atoms with Crippen molar-refractivity contribution in [3.8, 4) is 0 Å². The van der Waals surface area contributed by atoms with Crippen LogP contribution in [0, 0.1) is 0 Å². The maximum atomic E-state index is 12.8. The van der Waals surface area contributed by atoms with Gasteiger partial charge in [0.25, 0.3) is 10.0 Å². The Morgan fingerprint density at radius 1 is 1.39 bits per heavy atom. The molecule has 0 radical (unpaired) electrons. The van der Waals surface area contributed by atoms with Crippen molar-refractivity contribution in [2.24, 2.45) is 0 Å². The first-order valence-corrected chi connectivity index (χ1v) is 8.60. The molecule has 0 saturated carbocycles. The Hall–Kier alpha value is -1.90. The lowest BCUT2D eigenvalue weighted by Crippen LogP contribution is -2.55. The van der Waals surface area contributed by atoms with Gasteiger partial charge in [-0.05, 0) is 18.9 Å². The van der Waals surface area contributed by atoms with Crippen LogP contribution in [-0.4, -0.2) is 49.6 Å². The molecular formula is C15H17NO6S. The third-order valence-corrected chi connectivity index (χ3v) is 5.90. The number of rotatable bonds is 4. The molecule has 8 heteroatoms. The van der Waals surface area contributed by atoms with Crippen LogP contribution in [0.2, 0.25) is 0 Å². The molecule has 1 saturated heterocycles. The van der Waals surface area contributed by atoms with Crippen molar-refractivity contribution in [3.63, 3.8) is 0 Å². The van der Waals surface area contributed by atoms with Gasteiger partial charge in [-0.25, -0.2) is 13.2 Å². The Bertz CT molecular complexity index is 810. The number of sulfonamides is 1. The SMILES string of the molecule is COC1(C(=O)O)CCCN(S(=O)(=O)c2cc3ccccc3o2)C1. The minimum Gasteiger partial charge on any atom is -0.479 e.